The summed E-state index contributed by atoms with van der Waals surface area (Å²) in [4.78, 5) is 2.38. The number of anilines is 1. The molecule has 0 bridgehead atoms. The van der Waals surface area contributed by atoms with Gasteiger partial charge in [0.2, 0.25) is 0 Å². The molecule has 3 rings (SSSR count). The number of fused-ring (bicyclic) bond motifs is 1. The van der Waals surface area contributed by atoms with Crippen LogP contribution in [0, 0.1) is 0 Å². The van der Waals surface area contributed by atoms with Crippen LogP contribution < -0.4 is 5.73 Å². The Labute approximate surface area is 99.8 Å². The molecule has 1 aliphatic heterocycles. The summed E-state index contributed by atoms with van der Waals surface area (Å²) >= 11 is 0. The topological polar surface area (TPSA) is 60.0 Å². The van der Waals surface area contributed by atoms with Crippen molar-refractivity contribution in [1.82, 2.24) is 19.9 Å². The van der Waals surface area contributed by atoms with Crippen LogP contribution >= 0.6 is 0 Å². The van der Waals surface area contributed by atoms with E-state index >= 15 is 0 Å². The molecule has 0 radical (unpaired) electrons. The van der Waals surface area contributed by atoms with Gasteiger partial charge >= 0.3 is 0 Å². The maximum Gasteiger partial charge on any atom is 0.0692 e. The SMILES string of the molecule is Nc1cccc2c1CN(CCn1ccnn1)C2. The van der Waals surface area contributed by atoms with Crippen LogP contribution in [-0.2, 0) is 19.6 Å². The molecule has 17 heavy (non-hydrogen) atoms. The molecule has 0 amide bonds. The Morgan fingerprint density at radius 2 is 2.18 bits per heavy atom. The molecule has 0 fully saturated rings. The van der Waals surface area contributed by atoms with Crippen molar-refractivity contribution in [2.45, 2.75) is 19.6 Å². The van der Waals surface area contributed by atoms with Crippen molar-refractivity contribution in [1.29, 1.82) is 0 Å². The average Bonchev–Trinajstić information content (AvgIpc) is 2.95. The molecule has 1 aromatic heterocycles. The fraction of sp³-hybridized carbons (Fsp3) is 0.333. The minimum atomic E-state index is 0.869. The van der Waals surface area contributed by atoms with E-state index in [2.05, 4.69) is 21.3 Å². The van der Waals surface area contributed by atoms with Crippen LogP contribution in [0.4, 0.5) is 5.69 Å². The molecule has 5 heteroatoms. The van der Waals surface area contributed by atoms with Crippen molar-refractivity contribution >= 4 is 5.69 Å². The zero-order valence-electron chi connectivity index (χ0n) is 9.58. The molecule has 0 atom stereocenters. The maximum absolute atomic E-state index is 5.97. The first-order valence-corrected chi connectivity index (χ1v) is 5.75. The standard InChI is InChI=1S/C12H15N5/c13-12-3-1-2-10-8-16(9-11(10)12)6-7-17-5-4-14-15-17/h1-5H,6-9,13H2. The average molecular weight is 229 g/mol. The predicted octanol–water partition coefficient (Wildman–Crippen LogP) is 0.876. The van der Waals surface area contributed by atoms with Crippen LogP contribution in [0.1, 0.15) is 11.1 Å². The van der Waals surface area contributed by atoms with E-state index in [0.717, 1.165) is 31.9 Å². The molecule has 0 spiro atoms. The van der Waals surface area contributed by atoms with Crippen molar-refractivity contribution in [3.05, 3.63) is 41.7 Å². The highest BCUT2D eigenvalue weighted by Gasteiger charge is 2.20. The van der Waals surface area contributed by atoms with Crippen LogP contribution in [0.25, 0.3) is 0 Å². The first-order valence-electron chi connectivity index (χ1n) is 5.75. The van der Waals surface area contributed by atoms with E-state index in [-0.39, 0.29) is 0 Å². The summed E-state index contributed by atoms with van der Waals surface area (Å²) in [6, 6.07) is 6.15. The van der Waals surface area contributed by atoms with E-state index in [9.17, 15) is 0 Å². The lowest BCUT2D eigenvalue weighted by molar-refractivity contribution is 0.266. The van der Waals surface area contributed by atoms with E-state index in [0.29, 0.717) is 0 Å². The summed E-state index contributed by atoms with van der Waals surface area (Å²) in [5, 5.41) is 7.75. The molecular weight excluding hydrogens is 214 g/mol. The highest BCUT2D eigenvalue weighted by atomic mass is 15.4. The zero-order chi connectivity index (χ0) is 11.7. The molecule has 1 aromatic carbocycles. The van der Waals surface area contributed by atoms with Gasteiger partial charge in [0, 0.05) is 31.5 Å². The lowest BCUT2D eigenvalue weighted by atomic mass is 10.1. The second kappa shape index (κ2) is 4.18. The van der Waals surface area contributed by atoms with Crippen molar-refractivity contribution < 1.29 is 0 Å². The molecule has 2 N–H and O–H groups in total. The smallest absolute Gasteiger partial charge is 0.0692 e. The molecular formula is C12H15N5. The Kier molecular flexibility index (Phi) is 2.53. The molecule has 2 heterocycles. The van der Waals surface area contributed by atoms with Gasteiger partial charge in [-0.3, -0.25) is 9.58 Å². The first kappa shape index (κ1) is 10.3. The lowest BCUT2D eigenvalue weighted by Crippen LogP contribution is -2.22. The highest BCUT2D eigenvalue weighted by Crippen LogP contribution is 2.26. The number of nitrogens with zero attached hydrogens (tertiary/aromatic N) is 4. The van der Waals surface area contributed by atoms with E-state index in [1.807, 2.05) is 23.0 Å². The Bertz CT molecular complexity index is 506. The molecule has 0 aliphatic carbocycles. The van der Waals surface area contributed by atoms with Gasteiger partial charge < -0.3 is 5.73 Å². The molecule has 1 aliphatic rings. The summed E-state index contributed by atoms with van der Waals surface area (Å²) in [5.74, 6) is 0. The van der Waals surface area contributed by atoms with Crippen LogP contribution in [0.2, 0.25) is 0 Å². The van der Waals surface area contributed by atoms with Crippen molar-refractivity contribution in [2.24, 2.45) is 0 Å². The van der Waals surface area contributed by atoms with Gasteiger partial charge in [0.05, 0.1) is 12.7 Å². The summed E-state index contributed by atoms with van der Waals surface area (Å²) in [6.45, 7) is 3.76. The summed E-state index contributed by atoms with van der Waals surface area (Å²) in [7, 11) is 0. The largest absolute Gasteiger partial charge is 0.398 e. The third-order valence-electron chi connectivity index (χ3n) is 3.20. The van der Waals surface area contributed by atoms with E-state index in [4.69, 9.17) is 5.73 Å². The molecule has 5 nitrogen and oxygen atoms in total. The molecule has 0 saturated heterocycles. The fourth-order valence-corrected chi connectivity index (χ4v) is 2.27. The van der Waals surface area contributed by atoms with Crippen LogP contribution in [0.3, 0.4) is 0 Å². The van der Waals surface area contributed by atoms with Gasteiger partial charge in [-0.1, -0.05) is 17.3 Å². The van der Waals surface area contributed by atoms with Gasteiger partial charge in [0.1, 0.15) is 0 Å². The van der Waals surface area contributed by atoms with E-state index in [1.54, 1.807) is 6.20 Å². The van der Waals surface area contributed by atoms with Gasteiger partial charge in [-0.2, -0.15) is 0 Å². The Hall–Kier alpha value is -1.88. The van der Waals surface area contributed by atoms with Crippen LogP contribution in [-0.4, -0.2) is 26.4 Å². The summed E-state index contributed by atoms with van der Waals surface area (Å²) in [5.41, 5.74) is 9.51. The molecule has 0 saturated carbocycles. The first-order chi connectivity index (χ1) is 8.33. The van der Waals surface area contributed by atoms with Crippen molar-refractivity contribution in [2.75, 3.05) is 12.3 Å². The maximum atomic E-state index is 5.97. The Balaban J connectivity index is 1.64. The minimum Gasteiger partial charge on any atom is -0.398 e. The number of nitrogens with two attached hydrogens (primary N) is 1. The fourth-order valence-electron chi connectivity index (χ4n) is 2.27. The zero-order valence-corrected chi connectivity index (χ0v) is 9.58. The quantitative estimate of drug-likeness (QED) is 0.794. The van der Waals surface area contributed by atoms with E-state index in [1.165, 1.54) is 11.1 Å². The molecule has 2 aromatic rings. The minimum absolute atomic E-state index is 0.869. The lowest BCUT2D eigenvalue weighted by Gasteiger charge is -2.14. The van der Waals surface area contributed by atoms with Crippen LogP contribution in [0.15, 0.2) is 30.6 Å². The second-order valence-electron chi connectivity index (χ2n) is 4.36. The number of benzene rings is 1. The van der Waals surface area contributed by atoms with Crippen LogP contribution in [0.5, 0.6) is 0 Å². The van der Waals surface area contributed by atoms with Crippen molar-refractivity contribution in [3.8, 4) is 0 Å². The summed E-state index contributed by atoms with van der Waals surface area (Å²) in [6.07, 6.45) is 3.59. The van der Waals surface area contributed by atoms with Gasteiger partial charge in [0.15, 0.2) is 0 Å². The molecule has 88 valence electrons. The number of aromatic nitrogens is 3. The van der Waals surface area contributed by atoms with E-state index < -0.39 is 0 Å². The monoisotopic (exact) mass is 229 g/mol. The van der Waals surface area contributed by atoms with Gasteiger partial charge in [-0.05, 0) is 17.2 Å². The Morgan fingerprint density at radius 1 is 1.24 bits per heavy atom. The number of hydrogen-bond donors (Lipinski definition) is 1. The predicted molar refractivity (Wildman–Crippen MR) is 65.0 cm³/mol. The number of hydrogen-bond acceptors (Lipinski definition) is 4. The van der Waals surface area contributed by atoms with Gasteiger partial charge in [0.25, 0.3) is 0 Å². The number of rotatable bonds is 3. The number of nitrogen functional groups attached to an aromatic ring is 1. The highest BCUT2D eigenvalue weighted by molar-refractivity contribution is 5.52. The summed E-state index contributed by atoms with van der Waals surface area (Å²) < 4.78 is 1.85. The third kappa shape index (κ3) is 2.01. The molecule has 0 unspecified atom stereocenters. The normalized spacial score (nSPS) is 15.1. The Morgan fingerprint density at radius 3 is 2.94 bits per heavy atom. The third-order valence-corrected chi connectivity index (χ3v) is 3.20. The second-order valence-corrected chi connectivity index (χ2v) is 4.36. The van der Waals surface area contributed by atoms with Gasteiger partial charge in [-0.25, -0.2) is 0 Å². The van der Waals surface area contributed by atoms with Gasteiger partial charge in [-0.15, -0.1) is 5.10 Å². The van der Waals surface area contributed by atoms with Crippen molar-refractivity contribution in [3.63, 3.8) is 0 Å².